The lowest BCUT2D eigenvalue weighted by Crippen LogP contribution is -2.55. The van der Waals surface area contributed by atoms with E-state index in [2.05, 4.69) is 46.4 Å². The highest BCUT2D eigenvalue weighted by Gasteiger charge is 2.48. The van der Waals surface area contributed by atoms with Gasteiger partial charge in [-0.05, 0) is 42.4 Å². The van der Waals surface area contributed by atoms with E-state index in [1.165, 1.54) is 12.8 Å². The fourth-order valence-corrected chi connectivity index (χ4v) is 13.0. The first-order valence-electron chi connectivity index (χ1n) is 12.3. The molecule has 0 aliphatic heterocycles. The van der Waals surface area contributed by atoms with Crippen LogP contribution in [0, 0.1) is 0 Å². The molecule has 0 bridgehead atoms. The van der Waals surface area contributed by atoms with Gasteiger partial charge < -0.3 is 22.8 Å². The van der Waals surface area contributed by atoms with Crippen molar-refractivity contribution in [1.82, 2.24) is 4.90 Å². The van der Waals surface area contributed by atoms with Crippen LogP contribution < -0.4 is 0 Å². The molecule has 0 radical (unpaired) electrons. The second kappa shape index (κ2) is 13.6. The lowest BCUT2D eigenvalue weighted by Gasteiger charge is -2.44. The quantitative estimate of drug-likeness (QED) is 0.299. The van der Waals surface area contributed by atoms with Crippen molar-refractivity contribution in [3.63, 3.8) is 0 Å². The van der Waals surface area contributed by atoms with Gasteiger partial charge in [0.05, 0.1) is 0 Å². The van der Waals surface area contributed by atoms with Crippen molar-refractivity contribution in [2.45, 2.75) is 108 Å². The summed E-state index contributed by atoms with van der Waals surface area (Å²) in [5.74, 6) is -0.846. The minimum atomic E-state index is -2.64. The smallest absolute Gasteiger partial charge is 0.479 e. The molecule has 1 N–H and O–H groups in total. The van der Waals surface area contributed by atoms with Gasteiger partial charge in [-0.2, -0.15) is 0 Å². The molecule has 1 unspecified atom stereocenters. The van der Waals surface area contributed by atoms with Gasteiger partial charge in [0.15, 0.2) is 6.10 Å². The Morgan fingerprint density at radius 3 is 1.78 bits per heavy atom. The molecule has 0 aromatic heterocycles. The summed E-state index contributed by atoms with van der Waals surface area (Å²) in [4.78, 5) is 14.7. The third-order valence-electron chi connectivity index (χ3n) is 7.43. The second-order valence-electron chi connectivity index (χ2n) is 10.1. The van der Waals surface area contributed by atoms with Crippen LogP contribution in [0.3, 0.4) is 0 Å². The first-order chi connectivity index (χ1) is 15.0. The van der Waals surface area contributed by atoms with Crippen molar-refractivity contribution in [1.29, 1.82) is 0 Å². The summed E-state index contributed by atoms with van der Waals surface area (Å²) < 4.78 is 23.4. The average Bonchev–Trinajstić information content (AvgIpc) is 3.27. The van der Waals surface area contributed by atoms with E-state index in [0.29, 0.717) is 35.3 Å². The lowest BCUT2D eigenvalue weighted by molar-refractivity contribution is -0.147. The zero-order chi connectivity index (χ0) is 24.5. The summed E-state index contributed by atoms with van der Waals surface area (Å²) >= 11 is 0. The fraction of sp³-hybridized carbons (Fsp3) is 0.957. The van der Waals surface area contributed by atoms with Gasteiger partial charge in [0.2, 0.25) is 8.32 Å². The topological polar surface area (TPSA) is 77.5 Å². The van der Waals surface area contributed by atoms with Crippen molar-refractivity contribution in [3.05, 3.63) is 0 Å². The van der Waals surface area contributed by atoms with E-state index >= 15 is 0 Å². The van der Waals surface area contributed by atoms with Gasteiger partial charge in [-0.25, -0.2) is 4.79 Å². The summed E-state index contributed by atoms with van der Waals surface area (Å²) in [6.45, 7) is 14.4. The Morgan fingerprint density at radius 2 is 1.41 bits per heavy atom. The molecule has 1 saturated carbocycles. The number of carboxylic acids is 1. The van der Waals surface area contributed by atoms with E-state index in [1.807, 2.05) is 0 Å². The van der Waals surface area contributed by atoms with Gasteiger partial charge in [0, 0.05) is 40.0 Å². The summed E-state index contributed by atoms with van der Waals surface area (Å²) in [7, 11) is -0.0294. The predicted octanol–water partition coefficient (Wildman–Crippen LogP) is 5.14. The number of carboxylic acid groups (broad SMARTS) is 1. The van der Waals surface area contributed by atoms with Crippen molar-refractivity contribution in [2.75, 3.05) is 34.4 Å². The highest BCUT2D eigenvalue weighted by atomic mass is 28.4. The van der Waals surface area contributed by atoms with Crippen molar-refractivity contribution < 1.29 is 27.6 Å². The van der Waals surface area contributed by atoms with Crippen LogP contribution in [0.1, 0.15) is 73.6 Å². The molecule has 0 aromatic carbocycles. The van der Waals surface area contributed by atoms with Crippen LogP contribution in [0.5, 0.6) is 0 Å². The maximum atomic E-state index is 12.4. The average molecular weight is 492 g/mol. The second-order valence-corrected chi connectivity index (χ2v) is 18.6. The van der Waals surface area contributed by atoms with Gasteiger partial charge in [0.1, 0.15) is 0 Å². The van der Waals surface area contributed by atoms with Crippen LogP contribution >= 0.6 is 0 Å². The zero-order valence-electron chi connectivity index (χ0n) is 22.0. The van der Waals surface area contributed by atoms with Gasteiger partial charge in [0.25, 0.3) is 0 Å². The van der Waals surface area contributed by atoms with Crippen LogP contribution in [0.15, 0.2) is 0 Å². The van der Waals surface area contributed by atoms with Crippen LogP contribution in [-0.4, -0.2) is 79.7 Å². The molecule has 9 heteroatoms. The molecule has 1 rings (SSSR count). The summed E-state index contributed by atoms with van der Waals surface area (Å²) in [5, 5.41) is 10.2. The van der Waals surface area contributed by atoms with Gasteiger partial charge >= 0.3 is 14.8 Å². The Morgan fingerprint density at radius 1 is 0.938 bits per heavy atom. The molecular weight excluding hydrogens is 442 g/mol. The molecule has 1 aliphatic carbocycles. The number of aliphatic carboxylic acids is 1. The Labute approximate surface area is 198 Å². The molecule has 0 heterocycles. The van der Waals surface area contributed by atoms with E-state index in [0.717, 1.165) is 25.8 Å². The molecular formula is C23H49NO6Si2. The summed E-state index contributed by atoms with van der Waals surface area (Å²) in [6, 6.07) is 1.12. The van der Waals surface area contributed by atoms with Crippen LogP contribution in [0.25, 0.3) is 0 Å². The minimum Gasteiger partial charge on any atom is -0.479 e. The number of hydrogen-bond acceptors (Lipinski definition) is 6. The van der Waals surface area contributed by atoms with Crippen LogP contribution in [0.2, 0.25) is 22.7 Å². The van der Waals surface area contributed by atoms with E-state index in [4.69, 9.17) is 17.7 Å². The third kappa shape index (κ3) is 7.35. The minimum absolute atomic E-state index is 0.348. The number of hydrogen-bond donors (Lipinski definition) is 1. The Hall–Kier alpha value is -0.296. The normalized spacial score (nSPS) is 17.3. The highest BCUT2D eigenvalue weighted by molar-refractivity contribution is 6.77. The predicted molar refractivity (Wildman–Crippen MR) is 134 cm³/mol. The lowest BCUT2D eigenvalue weighted by atomic mass is 10.2. The van der Waals surface area contributed by atoms with E-state index in [9.17, 15) is 9.90 Å². The van der Waals surface area contributed by atoms with Gasteiger partial charge in [-0.3, -0.25) is 4.90 Å². The number of carbonyl (C=O) groups is 1. The monoisotopic (exact) mass is 491 g/mol. The molecule has 1 atom stereocenters. The molecule has 190 valence electrons. The SMILES string of the molecule is CO[Si](CCCN(CC(O[Si](C(C)C)(C(C)C)C(C)C)C(=O)O)C1CCCC1)(OC)OC. The Balaban J connectivity index is 3.04. The van der Waals surface area contributed by atoms with E-state index in [1.54, 1.807) is 21.3 Å². The van der Waals surface area contributed by atoms with Gasteiger partial charge in [-0.1, -0.05) is 54.4 Å². The molecule has 0 saturated heterocycles. The third-order valence-corrected chi connectivity index (χ3v) is 16.4. The van der Waals surface area contributed by atoms with Crippen molar-refractivity contribution in [2.24, 2.45) is 0 Å². The maximum Gasteiger partial charge on any atom is 0.500 e. The largest absolute Gasteiger partial charge is 0.500 e. The first kappa shape index (κ1) is 29.7. The molecule has 0 aromatic rings. The van der Waals surface area contributed by atoms with Crippen LogP contribution in [-0.2, 0) is 22.5 Å². The van der Waals surface area contributed by atoms with Crippen LogP contribution in [0.4, 0.5) is 0 Å². The van der Waals surface area contributed by atoms with Gasteiger partial charge in [-0.15, -0.1) is 0 Å². The molecule has 0 spiro atoms. The fourth-order valence-electron chi connectivity index (χ4n) is 5.78. The van der Waals surface area contributed by atoms with Crippen molar-refractivity contribution in [3.8, 4) is 0 Å². The van der Waals surface area contributed by atoms with E-state index in [-0.39, 0.29) is 0 Å². The Kier molecular flexibility index (Phi) is 12.6. The Bertz CT molecular complexity index is 521. The molecule has 32 heavy (non-hydrogen) atoms. The summed E-state index contributed by atoms with van der Waals surface area (Å²) in [6.07, 6.45) is 4.68. The van der Waals surface area contributed by atoms with E-state index < -0.39 is 29.2 Å². The molecule has 0 amide bonds. The maximum absolute atomic E-state index is 12.4. The molecule has 1 aliphatic rings. The first-order valence-corrected chi connectivity index (χ1v) is 16.4. The highest BCUT2D eigenvalue weighted by Crippen LogP contribution is 2.43. The standard InChI is InChI=1S/C23H49NO6Si2/c1-18(2)32(19(3)4,20(5)6)30-22(23(25)26)17-24(21-13-10-11-14-21)15-12-16-31(27-7,28-8)29-9/h18-22H,10-17H2,1-9H3,(H,25,26). The molecule has 7 nitrogen and oxygen atoms in total. The zero-order valence-corrected chi connectivity index (χ0v) is 24.0. The van der Waals surface area contributed by atoms with Crippen molar-refractivity contribution >= 4 is 23.1 Å². The number of rotatable bonds is 16. The summed E-state index contributed by atoms with van der Waals surface area (Å²) in [5.41, 5.74) is 1.04. The molecule has 1 fully saturated rings. The number of nitrogens with zero attached hydrogens (tertiary/aromatic N) is 1.